The fourth-order valence-electron chi connectivity index (χ4n) is 3.09. The van der Waals surface area contributed by atoms with Crippen LogP contribution in [0.5, 0.6) is 0 Å². The summed E-state index contributed by atoms with van der Waals surface area (Å²) in [6.07, 6.45) is 0. The van der Waals surface area contributed by atoms with E-state index in [0.717, 1.165) is 17.3 Å². The van der Waals surface area contributed by atoms with Gasteiger partial charge in [0.15, 0.2) is 5.16 Å². The van der Waals surface area contributed by atoms with Crippen LogP contribution in [0.15, 0.2) is 76.7 Å². The quantitative estimate of drug-likeness (QED) is 0.332. The number of hydrogen-bond donors (Lipinski definition) is 1. The number of aromatic nitrogens is 2. The summed E-state index contributed by atoms with van der Waals surface area (Å²) < 4.78 is 14.8. The number of carbonyl (C=O) groups is 1. The number of rotatable bonds is 5. The zero-order chi connectivity index (χ0) is 22.0. The van der Waals surface area contributed by atoms with Gasteiger partial charge in [-0.05, 0) is 61.0 Å². The third kappa shape index (κ3) is 4.47. The standard InChI is InChI=1S/C23H17ClFN3O2S/c1-14-18(24)6-4-8-19(14)26-21(29)13-31-23-27-20-7-3-2-5-17(20)22(30)28(23)16-11-9-15(25)10-12-16/h2-12H,13H2,1H3,(H,26,29). The van der Waals surface area contributed by atoms with E-state index >= 15 is 0 Å². The molecule has 4 rings (SSSR count). The van der Waals surface area contributed by atoms with Crippen molar-refractivity contribution in [3.8, 4) is 5.69 Å². The van der Waals surface area contributed by atoms with Crippen molar-refractivity contribution >= 4 is 45.9 Å². The highest BCUT2D eigenvalue weighted by molar-refractivity contribution is 7.99. The molecule has 0 saturated heterocycles. The lowest BCUT2D eigenvalue weighted by Crippen LogP contribution is -2.23. The number of para-hydroxylation sites is 1. The minimum Gasteiger partial charge on any atom is -0.325 e. The van der Waals surface area contributed by atoms with Gasteiger partial charge in [-0.2, -0.15) is 0 Å². The van der Waals surface area contributed by atoms with Gasteiger partial charge in [-0.1, -0.05) is 41.6 Å². The average molecular weight is 454 g/mol. The Morgan fingerprint density at radius 1 is 1.10 bits per heavy atom. The Balaban J connectivity index is 1.67. The summed E-state index contributed by atoms with van der Waals surface area (Å²) in [6, 6.07) is 17.8. The second-order valence-electron chi connectivity index (χ2n) is 6.78. The lowest BCUT2D eigenvalue weighted by atomic mass is 10.2. The SMILES string of the molecule is Cc1c(Cl)cccc1NC(=O)CSc1nc2ccccc2c(=O)n1-c1ccc(F)cc1. The highest BCUT2D eigenvalue weighted by Crippen LogP contribution is 2.25. The predicted octanol–water partition coefficient (Wildman–Crippen LogP) is 5.22. The molecule has 1 aromatic heterocycles. The number of nitrogens with zero attached hydrogens (tertiary/aromatic N) is 2. The summed E-state index contributed by atoms with van der Waals surface area (Å²) in [4.78, 5) is 30.3. The maximum atomic E-state index is 13.4. The first-order valence-electron chi connectivity index (χ1n) is 9.39. The van der Waals surface area contributed by atoms with Crippen LogP contribution in [0, 0.1) is 12.7 Å². The van der Waals surface area contributed by atoms with Crippen molar-refractivity contribution in [2.75, 3.05) is 11.1 Å². The number of hydrogen-bond acceptors (Lipinski definition) is 4. The molecular weight excluding hydrogens is 437 g/mol. The van der Waals surface area contributed by atoms with E-state index < -0.39 is 5.82 Å². The van der Waals surface area contributed by atoms with E-state index in [0.29, 0.717) is 32.5 Å². The van der Waals surface area contributed by atoms with Crippen LogP contribution in [0.4, 0.5) is 10.1 Å². The largest absolute Gasteiger partial charge is 0.325 e. The minimum atomic E-state index is -0.406. The first-order valence-corrected chi connectivity index (χ1v) is 10.8. The fourth-order valence-corrected chi connectivity index (χ4v) is 4.07. The third-order valence-corrected chi connectivity index (χ3v) is 6.05. The zero-order valence-electron chi connectivity index (χ0n) is 16.4. The van der Waals surface area contributed by atoms with Gasteiger partial charge in [0.2, 0.25) is 5.91 Å². The molecule has 4 aromatic rings. The Kier molecular flexibility index (Phi) is 6.06. The van der Waals surface area contributed by atoms with Crippen LogP contribution in [-0.4, -0.2) is 21.2 Å². The van der Waals surface area contributed by atoms with Crippen LogP contribution < -0.4 is 10.9 Å². The van der Waals surface area contributed by atoms with Crippen molar-refractivity contribution in [3.63, 3.8) is 0 Å². The molecule has 0 aliphatic rings. The van der Waals surface area contributed by atoms with Crippen LogP contribution in [0.3, 0.4) is 0 Å². The number of nitrogens with one attached hydrogen (secondary N) is 1. The molecule has 0 radical (unpaired) electrons. The number of carbonyl (C=O) groups excluding carboxylic acids is 1. The number of amides is 1. The van der Waals surface area contributed by atoms with Gasteiger partial charge in [0.25, 0.3) is 5.56 Å². The molecule has 156 valence electrons. The van der Waals surface area contributed by atoms with Gasteiger partial charge in [-0.15, -0.1) is 0 Å². The van der Waals surface area contributed by atoms with Gasteiger partial charge in [-0.25, -0.2) is 9.37 Å². The van der Waals surface area contributed by atoms with Crippen LogP contribution in [0.25, 0.3) is 16.6 Å². The zero-order valence-corrected chi connectivity index (χ0v) is 18.0. The van der Waals surface area contributed by atoms with Crippen LogP contribution in [-0.2, 0) is 4.79 Å². The first-order chi connectivity index (χ1) is 14.9. The van der Waals surface area contributed by atoms with E-state index in [1.54, 1.807) is 42.5 Å². The van der Waals surface area contributed by atoms with E-state index in [2.05, 4.69) is 10.3 Å². The molecule has 3 aromatic carbocycles. The molecule has 5 nitrogen and oxygen atoms in total. The minimum absolute atomic E-state index is 0.0257. The number of benzene rings is 3. The van der Waals surface area contributed by atoms with E-state index in [9.17, 15) is 14.0 Å². The smallest absolute Gasteiger partial charge is 0.266 e. The molecule has 0 saturated carbocycles. The molecule has 0 atom stereocenters. The van der Waals surface area contributed by atoms with Crippen molar-refractivity contribution in [2.45, 2.75) is 12.1 Å². The van der Waals surface area contributed by atoms with Gasteiger partial charge < -0.3 is 5.32 Å². The third-order valence-electron chi connectivity index (χ3n) is 4.70. The monoisotopic (exact) mass is 453 g/mol. The van der Waals surface area contributed by atoms with Crippen LogP contribution in [0.1, 0.15) is 5.56 Å². The normalized spacial score (nSPS) is 10.9. The number of fused-ring (bicyclic) bond motifs is 1. The molecule has 0 fully saturated rings. The van der Waals surface area contributed by atoms with Crippen molar-refractivity contribution in [1.29, 1.82) is 0 Å². The predicted molar refractivity (Wildman–Crippen MR) is 123 cm³/mol. The summed E-state index contributed by atoms with van der Waals surface area (Å²) in [7, 11) is 0. The van der Waals surface area contributed by atoms with Crippen LogP contribution >= 0.6 is 23.4 Å². The second kappa shape index (κ2) is 8.91. The molecular formula is C23H17ClFN3O2S. The molecule has 31 heavy (non-hydrogen) atoms. The maximum Gasteiger partial charge on any atom is 0.266 e. The molecule has 1 amide bonds. The van der Waals surface area contributed by atoms with Crippen LogP contribution in [0.2, 0.25) is 5.02 Å². The Morgan fingerprint density at radius 2 is 1.84 bits per heavy atom. The van der Waals surface area contributed by atoms with Gasteiger partial charge in [-0.3, -0.25) is 14.2 Å². The highest BCUT2D eigenvalue weighted by atomic mass is 35.5. The molecule has 1 N–H and O–H groups in total. The van der Waals surface area contributed by atoms with Crippen molar-refractivity contribution < 1.29 is 9.18 Å². The summed E-state index contributed by atoms with van der Waals surface area (Å²) in [6.45, 7) is 1.82. The Bertz CT molecular complexity index is 1340. The molecule has 0 spiro atoms. The lowest BCUT2D eigenvalue weighted by Gasteiger charge is -2.14. The van der Waals surface area contributed by atoms with Gasteiger partial charge in [0, 0.05) is 10.7 Å². The van der Waals surface area contributed by atoms with E-state index in [1.807, 2.05) is 6.92 Å². The fraction of sp³-hybridized carbons (Fsp3) is 0.0870. The molecule has 0 bridgehead atoms. The Hall–Kier alpha value is -3.16. The molecule has 0 aliphatic carbocycles. The molecule has 1 heterocycles. The number of thioether (sulfide) groups is 1. The average Bonchev–Trinajstić information content (AvgIpc) is 2.76. The maximum absolute atomic E-state index is 13.4. The Morgan fingerprint density at radius 3 is 2.61 bits per heavy atom. The first kappa shape index (κ1) is 21.1. The summed E-state index contributed by atoms with van der Waals surface area (Å²) in [5, 5.41) is 4.17. The second-order valence-corrected chi connectivity index (χ2v) is 8.13. The molecule has 0 unspecified atom stereocenters. The van der Waals surface area contributed by atoms with Crippen molar-refractivity contribution in [2.24, 2.45) is 0 Å². The summed E-state index contributed by atoms with van der Waals surface area (Å²) >= 11 is 7.24. The lowest BCUT2D eigenvalue weighted by molar-refractivity contribution is -0.113. The van der Waals surface area contributed by atoms with Gasteiger partial charge in [0.05, 0.1) is 22.3 Å². The van der Waals surface area contributed by atoms with E-state index in [1.165, 1.54) is 28.8 Å². The summed E-state index contributed by atoms with van der Waals surface area (Å²) in [5.74, 6) is -0.641. The molecule has 0 aliphatic heterocycles. The van der Waals surface area contributed by atoms with E-state index in [4.69, 9.17) is 11.6 Å². The highest BCUT2D eigenvalue weighted by Gasteiger charge is 2.15. The van der Waals surface area contributed by atoms with Gasteiger partial charge >= 0.3 is 0 Å². The van der Waals surface area contributed by atoms with Crippen molar-refractivity contribution in [3.05, 3.63) is 93.5 Å². The molecule has 8 heteroatoms. The number of anilines is 1. The van der Waals surface area contributed by atoms with E-state index in [-0.39, 0.29) is 17.2 Å². The van der Waals surface area contributed by atoms with Crippen molar-refractivity contribution in [1.82, 2.24) is 9.55 Å². The topological polar surface area (TPSA) is 64.0 Å². The summed E-state index contributed by atoms with van der Waals surface area (Å²) in [5.41, 5.74) is 2.11. The number of halogens is 2. The Labute approximate surface area is 186 Å². The van der Waals surface area contributed by atoms with Gasteiger partial charge in [0.1, 0.15) is 5.82 Å².